The first-order valence-electron chi connectivity index (χ1n) is 4.32. The Kier molecular flexibility index (Phi) is 2.74. The summed E-state index contributed by atoms with van der Waals surface area (Å²) >= 11 is 1.50. The number of thiazole rings is 1. The van der Waals surface area contributed by atoms with E-state index < -0.39 is 0 Å². The molecular formula is C10H10N2OS. The van der Waals surface area contributed by atoms with E-state index in [1.54, 1.807) is 18.6 Å². The summed E-state index contributed by atoms with van der Waals surface area (Å²) in [6, 6.07) is 3.89. The molecule has 0 fully saturated rings. The zero-order chi connectivity index (χ0) is 9.80. The lowest BCUT2D eigenvalue weighted by molar-refractivity contribution is 0.226. The Morgan fingerprint density at radius 3 is 2.71 bits per heavy atom. The highest BCUT2D eigenvalue weighted by atomic mass is 32.1. The van der Waals surface area contributed by atoms with Crippen molar-refractivity contribution >= 4 is 11.3 Å². The van der Waals surface area contributed by atoms with Crippen LogP contribution in [0.4, 0.5) is 0 Å². The molecule has 0 spiro atoms. The molecule has 2 rings (SSSR count). The molecule has 1 unspecified atom stereocenters. The van der Waals surface area contributed by atoms with Crippen LogP contribution in [0.1, 0.15) is 18.6 Å². The molecule has 0 bridgehead atoms. The van der Waals surface area contributed by atoms with Crippen molar-refractivity contribution in [3.05, 3.63) is 41.7 Å². The van der Waals surface area contributed by atoms with Gasteiger partial charge in [-0.3, -0.25) is 4.98 Å². The van der Waals surface area contributed by atoms with E-state index in [0.717, 1.165) is 5.56 Å². The highest BCUT2D eigenvalue weighted by Gasteiger charge is 2.07. The molecule has 0 saturated heterocycles. The zero-order valence-corrected chi connectivity index (χ0v) is 8.57. The summed E-state index contributed by atoms with van der Waals surface area (Å²) in [6.45, 7) is 2.00. The first kappa shape index (κ1) is 9.15. The van der Waals surface area contributed by atoms with Gasteiger partial charge in [0.15, 0.2) is 0 Å². The third kappa shape index (κ3) is 2.09. The first-order valence-corrected chi connectivity index (χ1v) is 5.20. The third-order valence-electron chi connectivity index (χ3n) is 1.86. The lowest BCUT2D eigenvalue weighted by atomic mass is 10.2. The second-order valence-corrected chi connectivity index (χ2v) is 3.70. The maximum Gasteiger partial charge on any atom is 0.273 e. The van der Waals surface area contributed by atoms with Crippen molar-refractivity contribution in [2.45, 2.75) is 13.0 Å². The number of ether oxygens (including phenoxy) is 1. The number of hydrogen-bond acceptors (Lipinski definition) is 4. The highest BCUT2D eigenvalue weighted by Crippen LogP contribution is 2.22. The van der Waals surface area contributed by atoms with Gasteiger partial charge in [0, 0.05) is 24.0 Å². The van der Waals surface area contributed by atoms with Crippen LogP contribution >= 0.6 is 11.3 Å². The van der Waals surface area contributed by atoms with Crippen LogP contribution in [0, 0.1) is 0 Å². The van der Waals surface area contributed by atoms with Crippen LogP contribution in [0.5, 0.6) is 5.19 Å². The van der Waals surface area contributed by atoms with E-state index in [0.29, 0.717) is 5.19 Å². The topological polar surface area (TPSA) is 35.0 Å². The van der Waals surface area contributed by atoms with Gasteiger partial charge < -0.3 is 4.74 Å². The molecule has 0 aliphatic rings. The number of pyridine rings is 1. The van der Waals surface area contributed by atoms with Gasteiger partial charge in [0.1, 0.15) is 6.10 Å². The Morgan fingerprint density at radius 1 is 1.29 bits per heavy atom. The average molecular weight is 206 g/mol. The minimum atomic E-state index is 0.0177. The van der Waals surface area contributed by atoms with E-state index in [2.05, 4.69) is 9.97 Å². The van der Waals surface area contributed by atoms with Crippen molar-refractivity contribution in [1.82, 2.24) is 9.97 Å². The van der Waals surface area contributed by atoms with Crippen molar-refractivity contribution in [3.8, 4) is 5.19 Å². The van der Waals surface area contributed by atoms with Crippen LogP contribution in [0.15, 0.2) is 36.1 Å². The molecule has 72 valence electrons. The first-order chi connectivity index (χ1) is 6.86. The molecule has 2 aromatic heterocycles. The maximum atomic E-state index is 5.62. The monoisotopic (exact) mass is 206 g/mol. The van der Waals surface area contributed by atoms with Crippen molar-refractivity contribution in [3.63, 3.8) is 0 Å². The summed E-state index contributed by atoms with van der Waals surface area (Å²) < 4.78 is 5.62. The molecule has 1 atom stereocenters. The van der Waals surface area contributed by atoms with Gasteiger partial charge in [-0.05, 0) is 24.6 Å². The fourth-order valence-corrected chi connectivity index (χ4v) is 1.68. The van der Waals surface area contributed by atoms with E-state index in [4.69, 9.17) is 4.74 Å². The van der Waals surface area contributed by atoms with Crippen LogP contribution in [-0.4, -0.2) is 9.97 Å². The van der Waals surface area contributed by atoms with Gasteiger partial charge in [-0.1, -0.05) is 11.3 Å². The molecule has 3 nitrogen and oxygen atoms in total. The van der Waals surface area contributed by atoms with Gasteiger partial charge in [0.2, 0.25) is 0 Å². The normalized spacial score (nSPS) is 12.4. The Balaban J connectivity index is 2.07. The smallest absolute Gasteiger partial charge is 0.273 e. The van der Waals surface area contributed by atoms with E-state index >= 15 is 0 Å². The molecule has 0 aliphatic heterocycles. The second kappa shape index (κ2) is 4.19. The molecule has 0 radical (unpaired) electrons. The van der Waals surface area contributed by atoms with E-state index in [9.17, 15) is 0 Å². The zero-order valence-electron chi connectivity index (χ0n) is 7.75. The summed E-state index contributed by atoms with van der Waals surface area (Å²) in [7, 11) is 0. The molecule has 0 aliphatic carbocycles. The number of hydrogen-bond donors (Lipinski definition) is 0. The van der Waals surface area contributed by atoms with Crippen molar-refractivity contribution in [2.24, 2.45) is 0 Å². The maximum absolute atomic E-state index is 5.62. The standard InChI is InChI=1S/C10H10N2OS/c1-8(9-2-4-11-5-3-9)13-10-12-6-7-14-10/h2-8H,1H3. The van der Waals surface area contributed by atoms with Crippen LogP contribution in [0.3, 0.4) is 0 Å². The van der Waals surface area contributed by atoms with Crippen LogP contribution in [0.25, 0.3) is 0 Å². The molecule has 2 heterocycles. The van der Waals surface area contributed by atoms with Gasteiger partial charge >= 0.3 is 0 Å². The minimum Gasteiger partial charge on any atom is -0.462 e. The Morgan fingerprint density at radius 2 is 2.07 bits per heavy atom. The predicted molar refractivity (Wildman–Crippen MR) is 55.4 cm³/mol. The van der Waals surface area contributed by atoms with Crippen molar-refractivity contribution in [1.29, 1.82) is 0 Å². The summed E-state index contributed by atoms with van der Waals surface area (Å²) in [5, 5.41) is 2.60. The van der Waals surface area contributed by atoms with E-state index in [1.165, 1.54) is 11.3 Å². The summed E-state index contributed by atoms with van der Waals surface area (Å²) in [6.07, 6.45) is 5.28. The van der Waals surface area contributed by atoms with E-state index in [1.807, 2.05) is 24.4 Å². The molecule has 0 aromatic carbocycles. The van der Waals surface area contributed by atoms with Crippen molar-refractivity contribution in [2.75, 3.05) is 0 Å². The van der Waals surface area contributed by atoms with Crippen LogP contribution < -0.4 is 4.74 Å². The molecule has 0 amide bonds. The average Bonchev–Trinajstić information content (AvgIpc) is 2.72. The fraction of sp³-hybridized carbons (Fsp3) is 0.200. The Hall–Kier alpha value is -1.42. The Bertz CT molecular complexity index is 374. The van der Waals surface area contributed by atoms with Gasteiger partial charge in [-0.15, -0.1) is 0 Å². The summed E-state index contributed by atoms with van der Waals surface area (Å²) in [5.41, 5.74) is 1.11. The molecule has 0 saturated carbocycles. The quantitative estimate of drug-likeness (QED) is 0.774. The van der Waals surface area contributed by atoms with Crippen LogP contribution in [0.2, 0.25) is 0 Å². The summed E-state index contributed by atoms with van der Waals surface area (Å²) in [5.74, 6) is 0. The summed E-state index contributed by atoms with van der Waals surface area (Å²) in [4.78, 5) is 8.02. The minimum absolute atomic E-state index is 0.0177. The second-order valence-electron chi connectivity index (χ2n) is 2.84. The van der Waals surface area contributed by atoms with Crippen molar-refractivity contribution < 1.29 is 4.74 Å². The number of nitrogens with zero attached hydrogens (tertiary/aromatic N) is 2. The lowest BCUT2D eigenvalue weighted by Crippen LogP contribution is -2.02. The SMILES string of the molecule is CC(Oc1nccs1)c1ccncc1. The molecule has 0 N–H and O–H groups in total. The molecule has 4 heteroatoms. The van der Waals surface area contributed by atoms with Gasteiger partial charge in [0.25, 0.3) is 5.19 Å². The molecule has 14 heavy (non-hydrogen) atoms. The fourth-order valence-electron chi connectivity index (χ4n) is 1.12. The van der Waals surface area contributed by atoms with Gasteiger partial charge in [0.05, 0.1) is 0 Å². The number of aromatic nitrogens is 2. The number of rotatable bonds is 3. The third-order valence-corrected chi connectivity index (χ3v) is 2.52. The van der Waals surface area contributed by atoms with Gasteiger partial charge in [-0.25, -0.2) is 4.98 Å². The molecular weight excluding hydrogens is 196 g/mol. The Labute approximate surface area is 86.4 Å². The van der Waals surface area contributed by atoms with Crippen LogP contribution in [-0.2, 0) is 0 Å². The van der Waals surface area contributed by atoms with Gasteiger partial charge in [-0.2, -0.15) is 0 Å². The lowest BCUT2D eigenvalue weighted by Gasteiger charge is -2.11. The largest absolute Gasteiger partial charge is 0.462 e. The predicted octanol–water partition coefficient (Wildman–Crippen LogP) is 2.68. The highest BCUT2D eigenvalue weighted by molar-refractivity contribution is 7.11. The molecule has 2 aromatic rings. The van der Waals surface area contributed by atoms with E-state index in [-0.39, 0.29) is 6.10 Å².